The van der Waals surface area contributed by atoms with Crippen LogP contribution in [0.15, 0.2) is 103 Å². The number of aromatic nitrogens is 2. The summed E-state index contributed by atoms with van der Waals surface area (Å²) < 4.78 is 7.32. The summed E-state index contributed by atoms with van der Waals surface area (Å²) in [4.78, 5) is 27.0. The number of carbonyl (C=O) groups is 2. The van der Waals surface area contributed by atoms with Crippen LogP contribution in [0, 0.1) is 11.3 Å². The fraction of sp³-hybridized carbons (Fsp3) is 0.103. The van der Waals surface area contributed by atoms with Crippen molar-refractivity contribution in [3.05, 3.63) is 108 Å². The molecule has 2 amide bonds. The number of nitrogens with zero attached hydrogens (tertiary/aromatic N) is 4. The minimum absolute atomic E-state index is 0.00969. The van der Waals surface area contributed by atoms with Gasteiger partial charge in [0.15, 0.2) is 0 Å². The normalized spacial score (nSPS) is 14.7. The Morgan fingerprint density at radius 3 is 2.39 bits per heavy atom. The van der Waals surface area contributed by atoms with Crippen LogP contribution in [0.4, 0.5) is 0 Å². The quantitative estimate of drug-likeness (QED) is 0.263. The van der Waals surface area contributed by atoms with E-state index in [1.165, 1.54) is 6.08 Å². The molecule has 0 saturated carbocycles. The lowest BCUT2D eigenvalue weighted by Gasteiger charge is -2.26. The Hall–Kier alpha value is -4.96. The molecule has 0 fully saturated rings. The van der Waals surface area contributed by atoms with Gasteiger partial charge >= 0.3 is 0 Å². The van der Waals surface area contributed by atoms with Crippen LogP contribution in [0.3, 0.4) is 0 Å². The maximum atomic E-state index is 13.3. The number of carbonyl (C=O) groups excluding carboxylic acids is 2. The first kappa shape index (κ1) is 24.2. The summed E-state index contributed by atoms with van der Waals surface area (Å²) in [5.41, 5.74) is 3.47. The van der Waals surface area contributed by atoms with Crippen molar-refractivity contribution in [3.8, 4) is 28.8 Å². The average molecular weight is 477 g/mol. The lowest BCUT2D eigenvalue weighted by atomic mass is 9.93. The Labute approximate surface area is 209 Å². The molecule has 1 aliphatic rings. The van der Waals surface area contributed by atoms with Crippen LogP contribution in [0.2, 0.25) is 0 Å². The average Bonchev–Trinajstić information content (AvgIpc) is 3.33. The van der Waals surface area contributed by atoms with Gasteiger partial charge in [0.05, 0.1) is 11.4 Å². The van der Waals surface area contributed by atoms with Crippen molar-refractivity contribution < 1.29 is 14.3 Å². The van der Waals surface area contributed by atoms with Crippen molar-refractivity contribution in [1.29, 1.82) is 5.26 Å². The second kappa shape index (κ2) is 10.5. The van der Waals surface area contributed by atoms with E-state index in [0.29, 0.717) is 29.2 Å². The predicted molar refractivity (Wildman–Crippen MR) is 138 cm³/mol. The van der Waals surface area contributed by atoms with E-state index in [0.717, 1.165) is 16.2 Å². The molecule has 0 unspecified atom stereocenters. The zero-order valence-electron chi connectivity index (χ0n) is 19.8. The van der Waals surface area contributed by atoms with Gasteiger partial charge in [-0.2, -0.15) is 10.4 Å². The summed E-state index contributed by atoms with van der Waals surface area (Å²) in [7, 11) is 0. The molecular weight excluding hydrogens is 452 g/mol. The van der Waals surface area contributed by atoms with Crippen molar-refractivity contribution in [3.63, 3.8) is 0 Å². The molecule has 2 aromatic carbocycles. The molecule has 0 spiro atoms. The third-order valence-corrected chi connectivity index (χ3v) is 5.70. The van der Waals surface area contributed by atoms with Gasteiger partial charge in [0.25, 0.3) is 11.8 Å². The zero-order valence-corrected chi connectivity index (χ0v) is 19.8. The molecule has 3 aromatic rings. The first-order chi connectivity index (χ1) is 17.5. The number of imide groups is 1. The van der Waals surface area contributed by atoms with Crippen LogP contribution in [-0.2, 0) is 9.59 Å². The Kier molecular flexibility index (Phi) is 7.07. The number of amides is 2. The molecular formula is C29H24N4O3. The summed E-state index contributed by atoms with van der Waals surface area (Å²) in [5.74, 6) is -0.408. The molecule has 0 N–H and O–H groups in total. The van der Waals surface area contributed by atoms with E-state index in [4.69, 9.17) is 9.84 Å². The maximum absolute atomic E-state index is 13.3. The molecule has 4 rings (SSSR count). The lowest BCUT2D eigenvalue weighted by Crippen LogP contribution is -2.42. The molecule has 1 aromatic heterocycles. The summed E-state index contributed by atoms with van der Waals surface area (Å²) in [6.07, 6.45) is 6.63. The Balaban J connectivity index is 1.87. The third kappa shape index (κ3) is 4.65. The smallest absolute Gasteiger partial charge is 0.271 e. The Morgan fingerprint density at radius 2 is 1.75 bits per heavy atom. The van der Waals surface area contributed by atoms with Gasteiger partial charge in [-0.05, 0) is 55.0 Å². The third-order valence-electron chi connectivity index (χ3n) is 5.70. The van der Waals surface area contributed by atoms with E-state index < -0.39 is 11.8 Å². The minimum atomic E-state index is -0.618. The van der Waals surface area contributed by atoms with E-state index >= 15 is 0 Å². The van der Waals surface area contributed by atoms with Gasteiger partial charge in [-0.15, -0.1) is 6.58 Å². The number of rotatable bonds is 8. The number of para-hydroxylation sites is 1. The van der Waals surface area contributed by atoms with Crippen molar-refractivity contribution in [1.82, 2.24) is 14.7 Å². The van der Waals surface area contributed by atoms with Crippen LogP contribution in [0.1, 0.15) is 12.5 Å². The van der Waals surface area contributed by atoms with Crippen LogP contribution in [0.25, 0.3) is 23.0 Å². The highest BCUT2D eigenvalue weighted by molar-refractivity contribution is 6.19. The number of benzene rings is 2. The molecule has 0 radical (unpaired) electrons. The summed E-state index contributed by atoms with van der Waals surface area (Å²) in [6.45, 7) is 9.30. The molecule has 0 aliphatic carbocycles. The summed E-state index contributed by atoms with van der Waals surface area (Å²) in [5, 5.41) is 14.4. The number of ether oxygens (including phenoxy) is 1. The Morgan fingerprint density at radius 1 is 1.03 bits per heavy atom. The van der Waals surface area contributed by atoms with E-state index in [-0.39, 0.29) is 17.7 Å². The highest BCUT2D eigenvalue weighted by atomic mass is 16.5. The molecule has 0 atom stereocenters. The van der Waals surface area contributed by atoms with Gasteiger partial charge in [0.2, 0.25) is 0 Å². The standard InChI is InChI=1S/C29H24N4O3/c1-4-15-32-28(34)25(20(3)26(18-30)29(32)35)17-22-19-33(23-9-7-6-8-10-23)31-27(22)21-11-13-24(14-12-21)36-16-5-2/h4-14,17,19H,1-2,15-16H2,3H3/b25-17+. The van der Waals surface area contributed by atoms with Gasteiger partial charge in [0, 0.05) is 29.4 Å². The number of hydrogen-bond donors (Lipinski definition) is 0. The minimum Gasteiger partial charge on any atom is -0.490 e. The molecule has 0 saturated heterocycles. The van der Waals surface area contributed by atoms with Gasteiger partial charge in [0.1, 0.15) is 24.0 Å². The van der Waals surface area contributed by atoms with Gasteiger partial charge in [-0.3, -0.25) is 14.5 Å². The van der Waals surface area contributed by atoms with Crippen LogP contribution < -0.4 is 4.74 Å². The molecule has 0 bridgehead atoms. The van der Waals surface area contributed by atoms with E-state index in [9.17, 15) is 14.9 Å². The van der Waals surface area contributed by atoms with E-state index in [2.05, 4.69) is 13.2 Å². The fourth-order valence-corrected chi connectivity index (χ4v) is 3.87. The first-order valence-corrected chi connectivity index (χ1v) is 11.3. The fourth-order valence-electron chi connectivity index (χ4n) is 3.87. The van der Waals surface area contributed by atoms with Crippen LogP contribution >= 0.6 is 0 Å². The van der Waals surface area contributed by atoms with Crippen molar-refractivity contribution in [2.24, 2.45) is 0 Å². The molecule has 1 aliphatic heterocycles. The number of nitriles is 1. The lowest BCUT2D eigenvalue weighted by molar-refractivity contribution is -0.139. The van der Waals surface area contributed by atoms with Crippen LogP contribution in [0.5, 0.6) is 5.75 Å². The SMILES string of the molecule is C=CCOc1ccc(-c2nn(-c3ccccc3)cc2/C=C2/C(=O)N(CC=C)C(=O)C(C#N)=C2C)cc1. The molecule has 178 valence electrons. The first-order valence-electron chi connectivity index (χ1n) is 11.3. The highest BCUT2D eigenvalue weighted by Crippen LogP contribution is 2.31. The molecule has 2 heterocycles. The Bertz CT molecular complexity index is 1440. The van der Waals surface area contributed by atoms with Crippen molar-refractivity contribution >= 4 is 17.9 Å². The molecule has 7 heteroatoms. The molecule has 36 heavy (non-hydrogen) atoms. The largest absolute Gasteiger partial charge is 0.490 e. The van der Waals surface area contributed by atoms with Crippen LogP contribution in [-0.4, -0.2) is 39.6 Å². The topological polar surface area (TPSA) is 88.2 Å². The summed E-state index contributed by atoms with van der Waals surface area (Å²) >= 11 is 0. The van der Waals surface area contributed by atoms with Gasteiger partial charge in [-0.25, -0.2) is 4.68 Å². The monoisotopic (exact) mass is 476 g/mol. The second-order valence-electron chi connectivity index (χ2n) is 8.02. The summed E-state index contributed by atoms with van der Waals surface area (Å²) in [6, 6.07) is 19.0. The maximum Gasteiger partial charge on any atom is 0.271 e. The van der Waals surface area contributed by atoms with Crippen molar-refractivity contribution in [2.45, 2.75) is 6.92 Å². The second-order valence-corrected chi connectivity index (χ2v) is 8.02. The van der Waals surface area contributed by atoms with Gasteiger partial charge in [-0.1, -0.05) is 36.9 Å². The molecule has 7 nitrogen and oxygen atoms in total. The predicted octanol–water partition coefficient (Wildman–Crippen LogP) is 4.88. The highest BCUT2D eigenvalue weighted by Gasteiger charge is 2.35. The number of hydrogen-bond acceptors (Lipinski definition) is 5. The van der Waals surface area contributed by atoms with Crippen molar-refractivity contribution in [2.75, 3.05) is 13.2 Å². The zero-order chi connectivity index (χ0) is 25.7. The van der Waals surface area contributed by atoms with E-state index in [1.807, 2.05) is 66.9 Å². The van der Waals surface area contributed by atoms with Gasteiger partial charge < -0.3 is 4.74 Å². The van der Waals surface area contributed by atoms with E-state index in [1.54, 1.807) is 23.8 Å².